The summed E-state index contributed by atoms with van der Waals surface area (Å²) in [5, 5.41) is 9.93. The van der Waals surface area contributed by atoms with Crippen LogP contribution >= 0.6 is 0 Å². The van der Waals surface area contributed by atoms with Gasteiger partial charge in [0.05, 0.1) is 0 Å². The van der Waals surface area contributed by atoms with Gasteiger partial charge in [-0.1, -0.05) is 20.8 Å². The van der Waals surface area contributed by atoms with Crippen molar-refractivity contribution >= 4 is 12.1 Å². The largest absolute Gasteiger partial charge is 0.479 e. The van der Waals surface area contributed by atoms with E-state index in [1.807, 2.05) is 6.92 Å². The lowest BCUT2D eigenvalue weighted by Crippen LogP contribution is -2.63. The maximum atomic E-state index is 12.5. The van der Waals surface area contributed by atoms with Gasteiger partial charge >= 0.3 is 12.1 Å². The highest BCUT2D eigenvalue weighted by atomic mass is 16.6. The van der Waals surface area contributed by atoms with Crippen molar-refractivity contribution in [3.8, 4) is 0 Å². The topological polar surface area (TPSA) is 66.8 Å². The fraction of sp³-hybridized carbons (Fsp3) is 0.882. The van der Waals surface area contributed by atoms with Gasteiger partial charge in [0.2, 0.25) is 0 Å². The molecule has 128 valence electrons. The first kappa shape index (κ1) is 18.8. The number of hydrogen-bond acceptors (Lipinski definition) is 3. The van der Waals surface area contributed by atoms with E-state index < -0.39 is 23.2 Å². The number of likely N-dealkylation sites (N-methyl/N-ethyl adjacent to an activating group) is 1. The molecule has 0 saturated heterocycles. The van der Waals surface area contributed by atoms with Crippen LogP contribution in [-0.4, -0.2) is 39.8 Å². The number of carbonyl (C=O) groups excluding carboxylic acids is 1. The number of ether oxygens (including phenoxy) is 1. The van der Waals surface area contributed by atoms with Gasteiger partial charge in [0.1, 0.15) is 11.1 Å². The van der Waals surface area contributed by atoms with Crippen molar-refractivity contribution in [1.29, 1.82) is 0 Å². The Morgan fingerprint density at radius 1 is 1.27 bits per heavy atom. The Kier molecular flexibility index (Phi) is 5.20. The zero-order chi connectivity index (χ0) is 17.3. The molecule has 5 heteroatoms. The Balaban J connectivity index is 3.17. The van der Waals surface area contributed by atoms with Crippen LogP contribution in [0.1, 0.15) is 67.7 Å². The molecule has 2 atom stereocenters. The molecule has 22 heavy (non-hydrogen) atoms. The molecule has 1 amide bonds. The van der Waals surface area contributed by atoms with Gasteiger partial charge in [0.25, 0.3) is 0 Å². The number of nitrogens with zero attached hydrogens (tertiary/aromatic N) is 1. The number of carboxylic acid groups (broad SMARTS) is 1. The molecule has 1 aliphatic carbocycles. The predicted octanol–water partition coefficient (Wildman–Crippen LogP) is 3.91. The summed E-state index contributed by atoms with van der Waals surface area (Å²) in [6.07, 6.45) is 1.48. The fourth-order valence-electron chi connectivity index (χ4n) is 3.60. The summed E-state index contributed by atoms with van der Waals surface area (Å²) in [7, 11) is 0. The molecular weight excluding hydrogens is 282 g/mol. The van der Waals surface area contributed by atoms with Crippen LogP contribution in [0, 0.1) is 11.3 Å². The molecule has 0 aromatic rings. The maximum absolute atomic E-state index is 12.5. The lowest BCUT2D eigenvalue weighted by atomic mass is 9.63. The third-order valence-electron chi connectivity index (χ3n) is 4.64. The van der Waals surface area contributed by atoms with Crippen LogP contribution in [0.4, 0.5) is 4.79 Å². The van der Waals surface area contributed by atoms with E-state index in [-0.39, 0.29) is 11.3 Å². The van der Waals surface area contributed by atoms with Gasteiger partial charge in [-0.25, -0.2) is 9.59 Å². The van der Waals surface area contributed by atoms with Crippen molar-refractivity contribution in [1.82, 2.24) is 4.90 Å². The fourth-order valence-corrected chi connectivity index (χ4v) is 3.60. The Hall–Kier alpha value is -1.26. The Morgan fingerprint density at radius 2 is 1.82 bits per heavy atom. The number of rotatable bonds is 3. The van der Waals surface area contributed by atoms with Crippen LogP contribution in [0.2, 0.25) is 0 Å². The Bertz CT molecular complexity index is 438. The Labute approximate surface area is 134 Å². The third kappa shape index (κ3) is 3.73. The predicted molar refractivity (Wildman–Crippen MR) is 85.8 cm³/mol. The standard InChI is InChI=1S/C17H31NO4/c1-8-18(14(21)22-15(3,4)5)17(13(19)20)10-9-16(6,7)11-12(17)2/h12H,8-11H2,1-7H3,(H,19,20). The summed E-state index contributed by atoms with van der Waals surface area (Å²) in [5.41, 5.74) is -1.71. The average Bonchev–Trinajstić information content (AvgIpc) is 2.29. The van der Waals surface area contributed by atoms with E-state index in [1.165, 1.54) is 4.90 Å². The third-order valence-corrected chi connectivity index (χ3v) is 4.64. The summed E-state index contributed by atoms with van der Waals surface area (Å²) < 4.78 is 5.44. The summed E-state index contributed by atoms with van der Waals surface area (Å²) >= 11 is 0. The number of amides is 1. The van der Waals surface area contributed by atoms with Crippen LogP contribution in [-0.2, 0) is 9.53 Å². The van der Waals surface area contributed by atoms with E-state index >= 15 is 0 Å². The van der Waals surface area contributed by atoms with Crippen LogP contribution in [0.5, 0.6) is 0 Å². The second kappa shape index (κ2) is 6.09. The van der Waals surface area contributed by atoms with Crippen molar-refractivity contribution < 1.29 is 19.4 Å². The minimum Gasteiger partial charge on any atom is -0.479 e. The van der Waals surface area contributed by atoms with E-state index in [2.05, 4.69) is 13.8 Å². The average molecular weight is 313 g/mol. The van der Waals surface area contributed by atoms with Gasteiger partial charge in [0.15, 0.2) is 0 Å². The van der Waals surface area contributed by atoms with Crippen molar-refractivity contribution in [3.63, 3.8) is 0 Å². The lowest BCUT2D eigenvalue weighted by molar-refractivity contribution is -0.160. The molecule has 1 rings (SSSR count). The highest BCUT2D eigenvalue weighted by Gasteiger charge is 2.55. The van der Waals surface area contributed by atoms with Crippen molar-refractivity contribution in [2.75, 3.05) is 6.54 Å². The summed E-state index contributed by atoms with van der Waals surface area (Å²) in [6, 6.07) is 0. The van der Waals surface area contributed by atoms with Gasteiger partial charge in [-0.2, -0.15) is 0 Å². The van der Waals surface area contributed by atoms with Crippen molar-refractivity contribution in [2.45, 2.75) is 78.9 Å². The highest BCUT2D eigenvalue weighted by molar-refractivity contribution is 5.85. The maximum Gasteiger partial charge on any atom is 0.411 e. The molecule has 1 N–H and O–H groups in total. The quantitative estimate of drug-likeness (QED) is 0.857. The second-order valence-electron chi connectivity index (χ2n) is 8.22. The van der Waals surface area contributed by atoms with E-state index in [9.17, 15) is 14.7 Å². The number of carboxylic acids is 1. The summed E-state index contributed by atoms with van der Waals surface area (Å²) in [4.78, 5) is 26.1. The van der Waals surface area contributed by atoms with Gasteiger partial charge in [-0.15, -0.1) is 0 Å². The summed E-state index contributed by atoms with van der Waals surface area (Å²) in [6.45, 7) is 13.7. The SMILES string of the molecule is CCN(C(=O)OC(C)(C)C)C1(C(=O)O)CCC(C)(C)CC1C. The lowest BCUT2D eigenvalue weighted by Gasteiger charge is -2.50. The van der Waals surface area contributed by atoms with Gasteiger partial charge in [-0.05, 0) is 58.3 Å². The number of carbonyl (C=O) groups is 2. The molecule has 1 fully saturated rings. The molecule has 0 heterocycles. The monoisotopic (exact) mass is 313 g/mol. The molecule has 2 unspecified atom stereocenters. The second-order valence-corrected chi connectivity index (χ2v) is 8.22. The van der Waals surface area contributed by atoms with Crippen molar-refractivity contribution in [2.24, 2.45) is 11.3 Å². The normalized spacial score (nSPS) is 28.0. The zero-order valence-corrected chi connectivity index (χ0v) is 15.0. The molecule has 0 aromatic carbocycles. The first-order chi connectivity index (χ1) is 9.85. The minimum absolute atomic E-state index is 0.103. The first-order valence-corrected chi connectivity index (χ1v) is 8.10. The van der Waals surface area contributed by atoms with E-state index in [4.69, 9.17) is 4.74 Å². The molecule has 0 bridgehead atoms. The molecule has 1 aliphatic rings. The molecule has 0 aliphatic heterocycles. The number of hydrogen-bond donors (Lipinski definition) is 1. The van der Waals surface area contributed by atoms with Crippen LogP contribution in [0.25, 0.3) is 0 Å². The number of aliphatic carboxylic acids is 1. The van der Waals surface area contributed by atoms with E-state index in [1.54, 1.807) is 27.7 Å². The van der Waals surface area contributed by atoms with Gasteiger partial charge in [-0.3, -0.25) is 4.90 Å². The van der Waals surface area contributed by atoms with E-state index in [0.717, 1.165) is 12.8 Å². The zero-order valence-electron chi connectivity index (χ0n) is 15.0. The molecule has 0 aromatic heterocycles. The molecule has 0 spiro atoms. The van der Waals surface area contributed by atoms with Crippen LogP contribution < -0.4 is 0 Å². The van der Waals surface area contributed by atoms with Gasteiger partial charge < -0.3 is 9.84 Å². The molecule has 1 saturated carbocycles. The van der Waals surface area contributed by atoms with Gasteiger partial charge in [0, 0.05) is 6.54 Å². The smallest absolute Gasteiger partial charge is 0.411 e. The Morgan fingerprint density at radius 3 is 2.18 bits per heavy atom. The minimum atomic E-state index is -1.17. The highest BCUT2D eigenvalue weighted by Crippen LogP contribution is 2.47. The van der Waals surface area contributed by atoms with Crippen LogP contribution in [0.3, 0.4) is 0 Å². The van der Waals surface area contributed by atoms with E-state index in [0.29, 0.717) is 13.0 Å². The first-order valence-electron chi connectivity index (χ1n) is 8.10. The van der Waals surface area contributed by atoms with Crippen LogP contribution in [0.15, 0.2) is 0 Å². The summed E-state index contributed by atoms with van der Waals surface area (Å²) in [5.74, 6) is -1.05. The molecule has 5 nitrogen and oxygen atoms in total. The molecular formula is C17H31NO4. The molecule has 0 radical (unpaired) electrons. The van der Waals surface area contributed by atoms with Crippen molar-refractivity contribution in [3.05, 3.63) is 0 Å².